The van der Waals surface area contributed by atoms with Gasteiger partial charge >= 0.3 is 7.60 Å². The first-order chi connectivity index (χ1) is 10.9. The van der Waals surface area contributed by atoms with Gasteiger partial charge in [0, 0.05) is 11.3 Å². The van der Waals surface area contributed by atoms with E-state index in [1.165, 1.54) is 0 Å². The van der Waals surface area contributed by atoms with Crippen molar-refractivity contribution in [2.75, 3.05) is 5.73 Å². The number of benzene rings is 2. The second-order valence-electron chi connectivity index (χ2n) is 5.12. The van der Waals surface area contributed by atoms with Crippen LogP contribution in [0.2, 0.25) is 0 Å². The maximum Gasteiger partial charge on any atom is 0.329 e. The van der Waals surface area contributed by atoms with Crippen molar-refractivity contribution in [3.05, 3.63) is 60.3 Å². The number of anilines is 1. The van der Waals surface area contributed by atoms with Crippen molar-refractivity contribution >= 4 is 13.3 Å². The number of nitrogens with two attached hydrogens (primary N) is 1. The van der Waals surface area contributed by atoms with Gasteiger partial charge in [-0.05, 0) is 23.8 Å². The SMILES string of the molecule is Nc1ccccc1-c1cn(-c2ccc(CP(=O)(O)O)cc2)nn1. The van der Waals surface area contributed by atoms with E-state index in [4.69, 9.17) is 15.5 Å². The maximum absolute atomic E-state index is 11.0. The molecule has 3 rings (SSSR count). The zero-order chi connectivity index (χ0) is 16.4. The summed E-state index contributed by atoms with van der Waals surface area (Å²) in [5.41, 5.74) is 9.32. The minimum Gasteiger partial charge on any atom is -0.398 e. The van der Waals surface area contributed by atoms with Crippen molar-refractivity contribution in [2.24, 2.45) is 0 Å². The molecular weight excluding hydrogens is 315 g/mol. The van der Waals surface area contributed by atoms with Gasteiger partial charge < -0.3 is 15.5 Å². The Hall–Kier alpha value is -2.47. The molecule has 7 nitrogen and oxygen atoms in total. The van der Waals surface area contributed by atoms with Crippen molar-refractivity contribution in [3.8, 4) is 16.9 Å². The van der Waals surface area contributed by atoms with E-state index >= 15 is 0 Å². The molecule has 3 aromatic rings. The summed E-state index contributed by atoms with van der Waals surface area (Å²) >= 11 is 0. The first-order valence-corrected chi connectivity index (χ1v) is 8.63. The lowest BCUT2D eigenvalue weighted by Gasteiger charge is -2.05. The molecule has 0 bridgehead atoms. The molecular formula is C15H15N4O3P. The summed E-state index contributed by atoms with van der Waals surface area (Å²) in [6.07, 6.45) is 1.47. The van der Waals surface area contributed by atoms with Gasteiger partial charge in [0.05, 0.1) is 18.0 Å². The Morgan fingerprint density at radius 3 is 2.43 bits per heavy atom. The van der Waals surface area contributed by atoms with Gasteiger partial charge in [-0.25, -0.2) is 4.68 Å². The minimum atomic E-state index is -4.06. The number of nitrogens with zero attached hydrogens (tertiary/aromatic N) is 3. The van der Waals surface area contributed by atoms with Crippen LogP contribution in [0.15, 0.2) is 54.7 Å². The molecule has 0 aliphatic rings. The molecule has 0 fully saturated rings. The van der Waals surface area contributed by atoms with Crippen molar-refractivity contribution in [3.63, 3.8) is 0 Å². The summed E-state index contributed by atoms with van der Waals surface area (Å²) in [7, 11) is -4.06. The average Bonchev–Trinajstić information content (AvgIpc) is 2.96. The normalized spacial score (nSPS) is 11.6. The van der Waals surface area contributed by atoms with E-state index in [1.54, 1.807) is 41.2 Å². The van der Waals surface area contributed by atoms with Gasteiger partial charge in [0.15, 0.2) is 0 Å². The van der Waals surface area contributed by atoms with E-state index in [0.29, 0.717) is 16.9 Å². The number of rotatable bonds is 4. The molecule has 0 radical (unpaired) electrons. The topological polar surface area (TPSA) is 114 Å². The van der Waals surface area contributed by atoms with Crippen LogP contribution in [0.25, 0.3) is 16.9 Å². The van der Waals surface area contributed by atoms with Crippen LogP contribution in [0.4, 0.5) is 5.69 Å². The number of aromatic nitrogens is 3. The van der Waals surface area contributed by atoms with Crippen molar-refractivity contribution < 1.29 is 14.4 Å². The third-order valence-electron chi connectivity index (χ3n) is 3.32. The lowest BCUT2D eigenvalue weighted by molar-refractivity contribution is 0.371. The molecule has 118 valence electrons. The third-order valence-corrected chi connectivity index (χ3v) is 4.10. The largest absolute Gasteiger partial charge is 0.398 e. The molecule has 4 N–H and O–H groups in total. The van der Waals surface area contributed by atoms with Crippen LogP contribution in [0.3, 0.4) is 0 Å². The van der Waals surface area contributed by atoms with E-state index in [2.05, 4.69) is 10.3 Å². The summed E-state index contributed by atoms with van der Waals surface area (Å²) in [4.78, 5) is 18.0. The lowest BCUT2D eigenvalue weighted by atomic mass is 10.1. The van der Waals surface area contributed by atoms with Gasteiger partial charge in [0.25, 0.3) is 0 Å². The summed E-state index contributed by atoms with van der Waals surface area (Å²) in [6, 6.07) is 14.2. The zero-order valence-electron chi connectivity index (χ0n) is 12.1. The highest BCUT2D eigenvalue weighted by Gasteiger charge is 2.14. The minimum absolute atomic E-state index is 0.281. The van der Waals surface area contributed by atoms with Crippen molar-refractivity contribution in [1.82, 2.24) is 15.0 Å². The molecule has 8 heteroatoms. The molecule has 23 heavy (non-hydrogen) atoms. The number of hydrogen-bond acceptors (Lipinski definition) is 4. The standard InChI is InChI=1S/C15H15N4O3P/c16-14-4-2-1-3-13(14)15-9-19(18-17-15)12-7-5-11(6-8-12)10-23(20,21)22/h1-9H,10,16H2,(H2,20,21,22). The fraction of sp³-hybridized carbons (Fsp3) is 0.0667. The second kappa shape index (κ2) is 5.96. The molecule has 0 amide bonds. The maximum atomic E-state index is 11.0. The summed E-state index contributed by atoms with van der Waals surface area (Å²) in [5, 5.41) is 8.18. The monoisotopic (exact) mass is 330 g/mol. The summed E-state index contributed by atoms with van der Waals surface area (Å²) in [6.45, 7) is 0. The molecule has 0 aliphatic heterocycles. The van der Waals surface area contributed by atoms with Crippen LogP contribution in [-0.4, -0.2) is 24.8 Å². The first kappa shape index (κ1) is 15.4. The molecule has 0 saturated carbocycles. The Morgan fingerprint density at radius 1 is 1.09 bits per heavy atom. The van der Waals surface area contributed by atoms with Gasteiger partial charge in [-0.2, -0.15) is 0 Å². The van der Waals surface area contributed by atoms with E-state index < -0.39 is 7.60 Å². The number of hydrogen-bond donors (Lipinski definition) is 3. The Kier molecular flexibility index (Phi) is 4.00. The third kappa shape index (κ3) is 3.65. The fourth-order valence-electron chi connectivity index (χ4n) is 2.24. The van der Waals surface area contributed by atoms with Gasteiger partial charge in [-0.15, -0.1) is 5.10 Å². The average molecular weight is 330 g/mol. The first-order valence-electron chi connectivity index (χ1n) is 6.83. The quantitative estimate of drug-likeness (QED) is 0.499. The zero-order valence-corrected chi connectivity index (χ0v) is 13.0. The number of para-hydroxylation sites is 1. The molecule has 2 aromatic carbocycles. The Balaban J connectivity index is 1.86. The predicted octanol–water partition coefficient (Wildman–Crippen LogP) is 2.19. The lowest BCUT2D eigenvalue weighted by Crippen LogP contribution is -1.95. The van der Waals surface area contributed by atoms with Gasteiger partial charge in [-0.3, -0.25) is 4.57 Å². The van der Waals surface area contributed by atoms with Crippen molar-refractivity contribution in [2.45, 2.75) is 6.16 Å². The molecule has 1 aromatic heterocycles. The predicted molar refractivity (Wildman–Crippen MR) is 87.0 cm³/mol. The molecule has 1 heterocycles. The summed E-state index contributed by atoms with van der Waals surface area (Å²) in [5.74, 6) is 0. The number of nitrogen functional groups attached to an aromatic ring is 1. The van der Waals surface area contributed by atoms with Gasteiger partial charge in [-0.1, -0.05) is 35.5 Å². The molecule has 0 aliphatic carbocycles. The van der Waals surface area contributed by atoms with Crippen LogP contribution in [0.1, 0.15) is 5.56 Å². The molecule has 0 atom stereocenters. The van der Waals surface area contributed by atoms with Gasteiger partial charge in [0.1, 0.15) is 5.69 Å². The highest BCUT2D eigenvalue weighted by atomic mass is 31.2. The van der Waals surface area contributed by atoms with Crippen LogP contribution in [-0.2, 0) is 10.7 Å². The Morgan fingerprint density at radius 2 is 1.78 bits per heavy atom. The van der Waals surface area contributed by atoms with E-state index in [-0.39, 0.29) is 6.16 Å². The molecule has 0 spiro atoms. The van der Waals surface area contributed by atoms with Crippen LogP contribution in [0, 0.1) is 0 Å². The van der Waals surface area contributed by atoms with E-state index in [9.17, 15) is 4.57 Å². The van der Waals surface area contributed by atoms with E-state index in [1.807, 2.05) is 18.2 Å². The van der Waals surface area contributed by atoms with Crippen molar-refractivity contribution in [1.29, 1.82) is 0 Å². The van der Waals surface area contributed by atoms with E-state index in [0.717, 1.165) is 11.3 Å². The Bertz CT molecular complexity index is 870. The highest BCUT2D eigenvalue weighted by Crippen LogP contribution is 2.39. The Labute approximate surface area is 132 Å². The van der Waals surface area contributed by atoms with Crippen LogP contribution in [0.5, 0.6) is 0 Å². The van der Waals surface area contributed by atoms with Crippen LogP contribution >= 0.6 is 7.60 Å². The molecule has 0 saturated heterocycles. The second-order valence-corrected chi connectivity index (χ2v) is 6.77. The smallest absolute Gasteiger partial charge is 0.329 e. The van der Waals surface area contributed by atoms with Gasteiger partial charge in [0.2, 0.25) is 0 Å². The highest BCUT2D eigenvalue weighted by molar-refractivity contribution is 7.50. The summed E-state index contributed by atoms with van der Waals surface area (Å²) < 4.78 is 12.6. The fourth-order valence-corrected chi connectivity index (χ4v) is 2.92. The van der Waals surface area contributed by atoms with Crippen LogP contribution < -0.4 is 5.73 Å². The molecule has 0 unspecified atom stereocenters.